The summed E-state index contributed by atoms with van der Waals surface area (Å²) in [6.45, 7) is 3.62. The molecule has 2 N–H and O–H groups in total. The first-order valence-electron chi connectivity index (χ1n) is 9.74. The van der Waals surface area contributed by atoms with Crippen molar-refractivity contribution in [1.82, 2.24) is 9.97 Å². The molecule has 4 rings (SSSR count). The van der Waals surface area contributed by atoms with Crippen LogP contribution in [0.5, 0.6) is 5.75 Å². The number of fused-ring (bicyclic) bond motifs is 1. The van der Waals surface area contributed by atoms with Crippen LogP contribution in [0.3, 0.4) is 0 Å². The topological polar surface area (TPSA) is 76.1 Å². The van der Waals surface area contributed by atoms with Crippen LogP contribution in [0.25, 0.3) is 10.9 Å². The molecule has 1 amide bonds. The van der Waals surface area contributed by atoms with Crippen LogP contribution in [-0.4, -0.2) is 15.9 Å². The van der Waals surface area contributed by atoms with Gasteiger partial charge in [0, 0.05) is 11.1 Å². The molecule has 0 aliphatic heterocycles. The smallest absolute Gasteiger partial charge is 0.247 e. The lowest BCUT2D eigenvalue weighted by Gasteiger charge is -2.13. The molecule has 0 fully saturated rings. The van der Waals surface area contributed by atoms with E-state index in [0.717, 1.165) is 6.08 Å². The number of carbonyl (C=O) groups is 1. The number of aromatic nitrogens is 2. The average molecular weight is 483 g/mol. The molecular formula is C24H17Cl2FN4O2. The van der Waals surface area contributed by atoms with Gasteiger partial charge < -0.3 is 15.4 Å². The molecule has 1 aromatic heterocycles. The van der Waals surface area contributed by atoms with Gasteiger partial charge in [-0.05, 0) is 54.1 Å². The van der Waals surface area contributed by atoms with Crippen LogP contribution >= 0.6 is 23.2 Å². The number of nitrogens with zero attached hydrogens (tertiary/aromatic N) is 2. The fourth-order valence-corrected chi connectivity index (χ4v) is 3.52. The van der Waals surface area contributed by atoms with Crippen molar-refractivity contribution in [2.45, 2.75) is 6.61 Å². The summed E-state index contributed by atoms with van der Waals surface area (Å²) in [5.74, 6) is 0.242. The Kier molecular flexibility index (Phi) is 6.72. The van der Waals surface area contributed by atoms with E-state index in [-0.39, 0.29) is 18.3 Å². The number of benzene rings is 3. The zero-order valence-corrected chi connectivity index (χ0v) is 18.6. The highest BCUT2D eigenvalue weighted by atomic mass is 35.5. The molecule has 0 unspecified atom stereocenters. The maximum Gasteiger partial charge on any atom is 0.247 e. The summed E-state index contributed by atoms with van der Waals surface area (Å²) >= 11 is 12.6. The quantitative estimate of drug-likeness (QED) is 0.293. The van der Waals surface area contributed by atoms with Crippen molar-refractivity contribution in [2.75, 3.05) is 10.6 Å². The molecule has 33 heavy (non-hydrogen) atoms. The van der Waals surface area contributed by atoms with Gasteiger partial charge in [0.1, 0.15) is 30.3 Å². The Morgan fingerprint density at radius 3 is 2.70 bits per heavy atom. The van der Waals surface area contributed by atoms with E-state index in [1.165, 1.54) is 18.5 Å². The molecule has 0 atom stereocenters. The molecule has 4 aromatic rings. The summed E-state index contributed by atoms with van der Waals surface area (Å²) < 4.78 is 19.1. The second kappa shape index (κ2) is 9.85. The van der Waals surface area contributed by atoms with Crippen molar-refractivity contribution < 1.29 is 13.9 Å². The molecule has 0 saturated heterocycles. The number of hydrogen-bond acceptors (Lipinski definition) is 5. The van der Waals surface area contributed by atoms with Gasteiger partial charge in [-0.15, -0.1) is 0 Å². The number of amides is 1. The first-order valence-corrected chi connectivity index (χ1v) is 10.5. The number of carbonyl (C=O) groups excluding carboxylic acids is 1. The van der Waals surface area contributed by atoms with E-state index in [1.54, 1.807) is 42.5 Å². The second-order valence-electron chi connectivity index (χ2n) is 6.95. The second-order valence-corrected chi connectivity index (χ2v) is 7.77. The minimum Gasteiger partial charge on any atom is -0.487 e. The average Bonchev–Trinajstić information content (AvgIpc) is 2.79. The molecule has 1 heterocycles. The molecule has 0 bridgehead atoms. The Morgan fingerprint density at radius 2 is 1.94 bits per heavy atom. The third-order valence-electron chi connectivity index (χ3n) is 4.65. The third-order valence-corrected chi connectivity index (χ3v) is 5.25. The van der Waals surface area contributed by atoms with Gasteiger partial charge in [0.05, 0.1) is 21.2 Å². The Bertz CT molecular complexity index is 1360. The molecule has 9 heteroatoms. The summed E-state index contributed by atoms with van der Waals surface area (Å²) in [5.41, 5.74) is 2.35. The lowest BCUT2D eigenvalue weighted by atomic mass is 10.2. The summed E-state index contributed by atoms with van der Waals surface area (Å²) in [5, 5.41) is 7.20. The normalized spacial score (nSPS) is 10.6. The number of anilines is 3. The predicted molar refractivity (Wildman–Crippen MR) is 129 cm³/mol. The van der Waals surface area contributed by atoms with E-state index in [2.05, 4.69) is 27.2 Å². The van der Waals surface area contributed by atoms with Crippen LogP contribution in [0.15, 0.2) is 73.6 Å². The van der Waals surface area contributed by atoms with Crippen LogP contribution in [0, 0.1) is 5.82 Å². The summed E-state index contributed by atoms with van der Waals surface area (Å²) in [4.78, 5) is 20.2. The summed E-state index contributed by atoms with van der Waals surface area (Å²) in [6.07, 6.45) is 2.56. The van der Waals surface area contributed by atoms with Gasteiger partial charge in [-0.25, -0.2) is 14.4 Å². The Hall–Kier alpha value is -3.68. The van der Waals surface area contributed by atoms with Crippen molar-refractivity contribution in [2.24, 2.45) is 0 Å². The monoisotopic (exact) mass is 482 g/mol. The molecule has 6 nitrogen and oxygen atoms in total. The summed E-state index contributed by atoms with van der Waals surface area (Å²) in [6, 6.07) is 14.7. The van der Waals surface area contributed by atoms with Crippen LogP contribution in [-0.2, 0) is 11.4 Å². The Morgan fingerprint density at radius 1 is 1.09 bits per heavy atom. The minimum absolute atomic E-state index is 0.181. The number of nitrogens with one attached hydrogen (secondary N) is 2. The first kappa shape index (κ1) is 22.5. The van der Waals surface area contributed by atoms with Gasteiger partial charge in [-0.2, -0.15) is 0 Å². The van der Waals surface area contributed by atoms with E-state index in [1.807, 2.05) is 0 Å². The van der Waals surface area contributed by atoms with Gasteiger partial charge in [-0.1, -0.05) is 41.9 Å². The zero-order chi connectivity index (χ0) is 23.4. The molecular weight excluding hydrogens is 466 g/mol. The fraction of sp³-hybridized carbons (Fsp3) is 0.0417. The number of halogens is 3. The Balaban J connectivity index is 1.56. The Labute approximate surface area is 199 Å². The van der Waals surface area contributed by atoms with Gasteiger partial charge in [-0.3, -0.25) is 4.79 Å². The highest BCUT2D eigenvalue weighted by molar-refractivity contribution is 6.35. The van der Waals surface area contributed by atoms with Crippen LogP contribution < -0.4 is 15.4 Å². The highest BCUT2D eigenvalue weighted by Crippen LogP contribution is 2.33. The van der Waals surface area contributed by atoms with Crippen molar-refractivity contribution in [3.05, 3.63) is 95.0 Å². The standard InChI is InChI=1S/C24H17Cl2FN4O2/c1-2-23(32)31-21-10-17-20(11-18(21)25)28-13-29-24(17)30-16-6-7-22(19(26)9-16)33-12-14-4-3-5-15(27)8-14/h2-11,13H,1,12H2,(H,31,32)(H,28,29,30). The lowest BCUT2D eigenvalue weighted by Crippen LogP contribution is -2.08. The van der Waals surface area contributed by atoms with E-state index in [0.29, 0.717) is 49.5 Å². The van der Waals surface area contributed by atoms with Crippen molar-refractivity contribution >= 4 is 57.2 Å². The molecule has 0 saturated carbocycles. The molecule has 0 aliphatic carbocycles. The largest absolute Gasteiger partial charge is 0.487 e. The van der Waals surface area contributed by atoms with E-state index >= 15 is 0 Å². The third kappa shape index (κ3) is 5.39. The molecule has 0 aliphatic rings. The molecule has 166 valence electrons. The molecule has 0 spiro atoms. The number of ether oxygens (including phenoxy) is 1. The van der Waals surface area contributed by atoms with Gasteiger partial charge >= 0.3 is 0 Å². The van der Waals surface area contributed by atoms with Crippen molar-refractivity contribution in [3.63, 3.8) is 0 Å². The summed E-state index contributed by atoms with van der Waals surface area (Å²) in [7, 11) is 0. The van der Waals surface area contributed by atoms with Gasteiger partial charge in [0.15, 0.2) is 0 Å². The van der Waals surface area contributed by atoms with Crippen LogP contribution in [0.1, 0.15) is 5.56 Å². The van der Waals surface area contributed by atoms with E-state index in [9.17, 15) is 9.18 Å². The van der Waals surface area contributed by atoms with E-state index < -0.39 is 0 Å². The van der Waals surface area contributed by atoms with Gasteiger partial charge in [0.2, 0.25) is 5.91 Å². The first-order chi connectivity index (χ1) is 15.9. The maximum absolute atomic E-state index is 13.3. The molecule has 3 aromatic carbocycles. The lowest BCUT2D eigenvalue weighted by molar-refractivity contribution is -0.111. The predicted octanol–water partition coefficient (Wildman–Crippen LogP) is 6.52. The van der Waals surface area contributed by atoms with Crippen molar-refractivity contribution in [1.29, 1.82) is 0 Å². The van der Waals surface area contributed by atoms with Crippen LogP contribution in [0.4, 0.5) is 21.6 Å². The maximum atomic E-state index is 13.3. The fourth-order valence-electron chi connectivity index (χ4n) is 3.08. The number of rotatable bonds is 7. The zero-order valence-electron chi connectivity index (χ0n) is 17.1. The number of hydrogen-bond donors (Lipinski definition) is 2. The molecule has 0 radical (unpaired) electrons. The highest BCUT2D eigenvalue weighted by Gasteiger charge is 2.12. The van der Waals surface area contributed by atoms with E-state index in [4.69, 9.17) is 27.9 Å². The van der Waals surface area contributed by atoms with Crippen LogP contribution in [0.2, 0.25) is 10.0 Å². The SMILES string of the molecule is C=CC(=O)Nc1cc2c(Nc3ccc(OCc4cccc(F)c4)c(Cl)c3)ncnc2cc1Cl. The van der Waals surface area contributed by atoms with Crippen molar-refractivity contribution in [3.8, 4) is 5.75 Å². The minimum atomic E-state index is -0.386. The van der Waals surface area contributed by atoms with Gasteiger partial charge in [0.25, 0.3) is 0 Å².